The maximum atomic E-state index is 13.3. The van der Waals surface area contributed by atoms with E-state index in [1.54, 1.807) is 0 Å². The van der Waals surface area contributed by atoms with E-state index in [9.17, 15) is 14.4 Å². The van der Waals surface area contributed by atoms with Crippen LogP contribution in [0.4, 0.5) is 4.79 Å². The van der Waals surface area contributed by atoms with Gasteiger partial charge < -0.3 is 21.3 Å². The second-order valence-corrected chi connectivity index (χ2v) is 8.55. The zero-order valence-corrected chi connectivity index (χ0v) is 16.3. The summed E-state index contributed by atoms with van der Waals surface area (Å²) in [6, 6.07) is 0.0185. The lowest BCUT2D eigenvalue weighted by molar-refractivity contribution is -0.142. The van der Waals surface area contributed by atoms with Gasteiger partial charge >= 0.3 is 6.03 Å². The summed E-state index contributed by atoms with van der Waals surface area (Å²) >= 11 is 0. The average Bonchev–Trinajstić information content (AvgIpc) is 2.69. The van der Waals surface area contributed by atoms with Gasteiger partial charge in [0.1, 0.15) is 5.54 Å². The molecular formula is C20H34N4O3. The highest BCUT2D eigenvalue weighted by Crippen LogP contribution is 2.32. The first kappa shape index (κ1) is 20.0. The number of hydrogen-bond donors (Lipinski definition) is 3. The van der Waals surface area contributed by atoms with Gasteiger partial charge in [-0.15, -0.1) is 0 Å². The molecule has 3 rings (SSSR count). The minimum atomic E-state index is -0.795. The first-order chi connectivity index (χ1) is 13.0. The Morgan fingerprint density at radius 2 is 1.44 bits per heavy atom. The van der Waals surface area contributed by atoms with Gasteiger partial charge in [0.25, 0.3) is 0 Å². The van der Waals surface area contributed by atoms with E-state index in [2.05, 4.69) is 10.6 Å². The van der Waals surface area contributed by atoms with Crippen molar-refractivity contribution in [1.29, 1.82) is 0 Å². The maximum Gasteiger partial charge on any atom is 0.315 e. The number of nitrogens with zero attached hydrogens (tertiary/aromatic N) is 1. The molecular weight excluding hydrogens is 344 g/mol. The van der Waals surface area contributed by atoms with Crippen LogP contribution >= 0.6 is 0 Å². The zero-order chi connectivity index (χ0) is 19.3. The van der Waals surface area contributed by atoms with Crippen LogP contribution in [-0.2, 0) is 9.59 Å². The molecule has 0 aromatic rings. The van der Waals surface area contributed by atoms with Gasteiger partial charge in [-0.25, -0.2) is 4.79 Å². The van der Waals surface area contributed by atoms with E-state index in [0.717, 1.165) is 44.9 Å². The molecule has 0 bridgehead atoms. The minimum absolute atomic E-state index is 0.0175. The average molecular weight is 379 g/mol. The van der Waals surface area contributed by atoms with Gasteiger partial charge in [0.05, 0.1) is 0 Å². The van der Waals surface area contributed by atoms with Crippen LogP contribution in [0.25, 0.3) is 0 Å². The molecule has 1 saturated heterocycles. The SMILES string of the molecule is NC(=O)C1CCN(C(=O)C2(NC(=O)NC3CCCCC3)CCCCC2)CC1. The molecule has 1 heterocycles. The van der Waals surface area contributed by atoms with Crippen molar-refractivity contribution in [1.82, 2.24) is 15.5 Å². The van der Waals surface area contributed by atoms with Crippen molar-refractivity contribution in [2.75, 3.05) is 13.1 Å². The summed E-state index contributed by atoms with van der Waals surface area (Å²) in [5, 5.41) is 6.17. The number of amides is 4. The molecule has 0 atom stereocenters. The number of nitrogens with two attached hydrogens (primary N) is 1. The molecule has 0 aromatic heterocycles. The van der Waals surface area contributed by atoms with E-state index in [-0.39, 0.29) is 29.8 Å². The summed E-state index contributed by atoms with van der Waals surface area (Å²) < 4.78 is 0. The molecule has 0 radical (unpaired) electrons. The van der Waals surface area contributed by atoms with E-state index in [1.165, 1.54) is 6.42 Å². The van der Waals surface area contributed by atoms with Crippen molar-refractivity contribution in [3.8, 4) is 0 Å². The third kappa shape index (κ3) is 4.93. The smallest absolute Gasteiger partial charge is 0.315 e. The molecule has 0 aromatic carbocycles. The maximum absolute atomic E-state index is 13.3. The number of carbonyl (C=O) groups excluding carboxylic acids is 3. The fraction of sp³-hybridized carbons (Fsp3) is 0.850. The van der Waals surface area contributed by atoms with Gasteiger partial charge in [0.15, 0.2) is 0 Å². The standard InChI is InChI=1S/C20H34N4O3/c21-17(25)15-9-13-24(14-10-15)18(26)20(11-5-2-6-12-20)23-19(27)22-16-7-3-1-4-8-16/h15-16H,1-14H2,(H2,21,25)(H2,22,23,27). The molecule has 7 heteroatoms. The number of rotatable bonds is 4. The van der Waals surface area contributed by atoms with Crippen LogP contribution in [0.2, 0.25) is 0 Å². The lowest BCUT2D eigenvalue weighted by Crippen LogP contribution is -2.63. The topological polar surface area (TPSA) is 105 Å². The fourth-order valence-electron chi connectivity index (χ4n) is 4.90. The van der Waals surface area contributed by atoms with E-state index in [4.69, 9.17) is 5.73 Å². The molecule has 2 saturated carbocycles. The summed E-state index contributed by atoms with van der Waals surface area (Å²) in [5.74, 6) is -0.401. The van der Waals surface area contributed by atoms with Gasteiger partial charge in [-0.3, -0.25) is 9.59 Å². The number of primary amides is 1. The van der Waals surface area contributed by atoms with Crippen molar-refractivity contribution in [2.24, 2.45) is 11.7 Å². The van der Waals surface area contributed by atoms with Gasteiger partial charge in [0.2, 0.25) is 11.8 Å². The van der Waals surface area contributed by atoms with Crippen molar-refractivity contribution < 1.29 is 14.4 Å². The predicted octanol–water partition coefficient (Wildman–Crippen LogP) is 2.05. The first-order valence-electron chi connectivity index (χ1n) is 10.7. The van der Waals surface area contributed by atoms with E-state index in [0.29, 0.717) is 38.8 Å². The van der Waals surface area contributed by atoms with E-state index in [1.807, 2.05) is 4.90 Å². The third-order valence-electron chi connectivity index (χ3n) is 6.59. The molecule has 27 heavy (non-hydrogen) atoms. The van der Waals surface area contributed by atoms with Crippen LogP contribution in [-0.4, -0.2) is 47.4 Å². The minimum Gasteiger partial charge on any atom is -0.369 e. The monoisotopic (exact) mass is 378 g/mol. The quantitative estimate of drug-likeness (QED) is 0.697. The van der Waals surface area contributed by atoms with Gasteiger partial charge in [0, 0.05) is 25.0 Å². The molecule has 4 amide bonds. The Bertz CT molecular complexity index is 545. The van der Waals surface area contributed by atoms with Gasteiger partial charge in [-0.05, 0) is 38.5 Å². The third-order valence-corrected chi connectivity index (χ3v) is 6.59. The largest absolute Gasteiger partial charge is 0.369 e. The number of urea groups is 1. The zero-order valence-electron chi connectivity index (χ0n) is 16.3. The molecule has 0 spiro atoms. The lowest BCUT2D eigenvalue weighted by Gasteiger charge is -2.42. The van der Waals surface area contributed by atoms with Crippen molar-refractivity contribution in [2.45, 2.75) is 88.6 Å². The normalized spacial score (nSPS) is 24.2. The highest BCUT2D eigenvalue weighted by Gasteiger charge is 2.44. The van der Waals surface area contributed by atoms with Crippen LogP contribution in [0.5, 0.6) is 0 Å². The molecule has 4 N–H and O–H groups in total. The Labute approximate surface area is 161 Å². The Balaban J connectivity index is 1.62. The van der Waals surface area contributed by atoms with Gasteiger partial charge in [-0.2, -0.15) is 0 Å². The highest BCUT2D eigenvalue weighted by molar-refractivity contribution is 5.91. The second-order valence-electron chi connectivity index (χ2n) is 8.55. The Hall–Kier alpha value is -1.79. The van der Waals surface area contributed by atoms with Crippen LogP contribution < -0.4 is 16.4 Å². The molecule has 3 aliphatic rings. The summed E-state index contributed by atoms with van der Waals surface area (Å²) in [4.78, 5) is 39.2. The predicted molar refractivity (Wildman–Crippen MR) is 103 cm³/mol. The number of nitrogens with one attached hydrogen (secondary N) is 2. The Kier molecular flexibility index (Phi) is 6.60. The van der Waals surface area contributed by atoms with Crippen LogP contribution in [0, 0.1) is 5.92 Å². The number of carbonyl (C=O) groups is 3. The first-order valence-corrected chi connectivity index (χ1v) is 10.7. The summed E-state index contributed by atoms with van der Waals surface area (Å²) in [5.41, 5.74) is 4.61. The number of hydrogen-bond acceptors (Lipinski definition) is 3. The second kappa shape index (κ2) is 8.93. The molecule has 0 unspecified atom stereocenters. The van der Waals surface area contributed by atoms with Crippen molar-refractivity contribution >= 4 is 17.8 Å². The van der Waals surface area contributed by atoms with Crippen LogP contribution in [0.1, 0.15) is 77.0 Å². The number of piperidine rings is 1. The molecule has 152 valence electrons. The van der Waals surface area contributed by atoms with E-state index >= 15 is 0 Å². The van der Waals surface area contributed by atoms with Crippen molar-refractivity contribution in [3.05, 3.63) is 0 Å². The molecule has 2 aliphatic carbocycles. The van der Waals surface area contributed by atoms with Crippen LogP contribution in [0.3, 0.4) is 0 Å². The number of likely N-dealkylation sites (tertiary alicyclic amines) is 1. The highest BCUT2D eigenvalue weighted by atomic mass is 16.2. The van der Waals surface area contributed by atoms with Crippen LogP contribution in [0.15, 0.2) is 0 Å². The van der Waals surface area contributed by atoms with Gasteiger partial charge in [-0.1, -0.05) is 38.5 Å². The Morgan fingerprint density at radius 1 is 0.852 bits per heavy atom. The summed E-state index contributed by atoms with van der Waals surface area (Å²) in [6.07, 6.45) is 11.2. The summed E-state index contributed by atoms with van der Waals surface area (Å²) in [6.45, 7) is 1.08. The summed E-state index contributed by atoms with van der Waals surface area (Å²) in [7, 11) is 0. The molecule has 1 aliphatic heterocycles. The lowest BCUT2D eigenvalue weighted by atomic mass is 9.80. The van der Waals surface area contributed by atoms with Crippen molar-refractivity contribution in [3.63, 3.8) is 0 Å². The van der Waals surface area contributed by atoms with E-state index < -0.39 is 5.54 Å². The fourth-order valence-corrected chi connectivity index (χ4v) is 4.90. The molecule has 3 fully saturated rings. The molecule has 7 nitrogen and oxygen atoms in total. The Morgan fingerprint density at radius 3 is 2.04 bits per heavy atom.